The van der Waals surface area contributed by atoms with Crippen LogP contribution in [0.2, 0.25) is 0 Å². The molecule has 0 spiro atoms. The molecular weight excluding hydrogens is 280 g/mol. The SMILES string of the molecule is CC(=O)c1cccc(O[C@@H](C)C(=O)Nc2ncccc2C)c1. The van der Waals surface area contributed by atoms with E-state index in [2.05, 4.69) is 10.3 Å². The molecule has 0 saturated heterocycles. The lowest BCUT2D eigenvalue weighted by atomic mass is 10.1. The van der Waals surface area contributed by atoms with Crippen molar-refractivity contribution in [1.29, 1.82) is 0 Å². The number of aryl methyl sites for hydroxylation is 1. The van der Waals surface area contributed by atoms with Crippen molar-refractivity contribution in [3.05, 3.63) is 53.7 Å². The fraction of sp³-hybridized carbons (Fsp3) is 0.235. The van der Waals surface area contributed by atoms with Crippen molar-refractivity contribution in [2.24, 2.45) is 0 Å². The molecule has 5 nitrogen and oxygen atoms in total. The van der Waals surface area contributed by atoms with Crippen LogP contribution in [0.25, 0.3) is 0 Å². The summed E-state index contributed by atoms with van der Waals surface area (Å²) >= 11 is 0. The summed E-state index contributed by atoms with van der Waals surface area (Å²) in [4.78, 5) is 27.6. The first-order valence-corrected chi connectivity index (χ1v) is 6.97. The van der Waals surface area contributed by atoms with Crippen molar-refractivity contribution in [3.63, 3.8) is 0 Å². The number of Topliss-reactive ketones (excluding diaryl/α,β-unsaturated/α-hetero) is 1. The second-order valence-electron chi connectivity index (χ2n) is 5.00. The largest absolute Gasteiger partial charge is 0.481 e. The van der Waals surface area contributed by atoms with Gasteiger partial charge in [0.2, 0.25) is 0 Å². The molecular formula is C17H18N2O3. The molecule has 0 aliphatic carbocycles. The summed E-state index contributed by atoms with van der Waals surface area (Å²) in [6.45, 7) is 5.00. The summed E-state index contributed by atoms with van der Waals surface area (Å²) in [6.07, 6.45) is 0.911. The molecule has 2 aromatic rings. The summed E-state index contributed by atoms with van der Waals surface area (Å²) in [5.74, 6) is 0.648. The Hall–Kier alpha value is -2.69. The average Bonchev–Trinajstić information content (AvgIpc) is 2.49. The fourth-order valence-corrected chi connectivity index (χ4v) is 1.88. The van der Waals surface area contributed by atoms with Gasteiger partial charge < -0.3 is 10.1 Å². The van der Waals surface area contributed by atoms with Gasteiger partial charge in [-0.2, -0.15) is 0 Å². The fourth-order valence-electron chi connectivity index (χ4n) is 1.88. The number of anilines is 1. The molecule has 0 unspecified atom stereocenters. The summed E-state index contributed by atoms with van der Waals surface area (Å²) in [5.41, 5.74) is 1.42. The lowest BCUT2D eigenvalue weighted by Gasteiger charge is -2.15. The zero-order valence-electron chi connectivity index (χ0n) is 12.8. The third-order valence-electron chi connectivity index (χ3n) is 3.17. The average molecular weight is 298 g/mol. The smallest absolute Gasteiger partial charge is 0.266 e. The molecule has 1 heterocycles. The minimum Gasteiger partial charge on any atom is -0.481 e. The van der Waals surface area contributed by atoms with Gasteiger partial charge in [0.1, 0.15) is 11.6 Å². The van der Waals surface area contributed by atoms with E-state index >= 15 is 0 Å². The molecule has 114 valence electrons. The van der Waals surface area contributed by atoms with Crippen LogP contribution < -0.4 is 10.1 Å². The number of nitrogens with zero attached hydrogens (tertiary/aromatic N) is 1. The first-order valence-electron chi connectivity index (χ1n) is 6.97. The van der Waals surface area contributed by atoms with Crippen LogP contribution in [0.3, 0.4) is 0 Å². The maximum Gasteiger partial charge on any atom is 0.266 e. The van der Waals surface area contributed by atoms with Gasteiger partial charge in [0.25, 0.3) is 5.91 Å². The summed E-state index contributed by atoms with van der Waals surface area (Å²) in [6, 6.07) is 10.4. The molecule has 0 aliphatic rings. The molecule has 1 amide bonds. The first-order chi connectivity index (χ1) is 10.5. The van der Waals surface area contributed by atoms with Crippen molar-refractivity contribution in [2.45, 2.75) is 26.9 Å². The highest BCUT2D eigenvalue weighted by Gasteiger charge is 2.16. The second-order valence-corrected chi connectivity index (χ2v) is 5.00. The van der Waals surface area contributed by atoms with E-state index in [1.807, 2.05) is 13.0 Å². The van der Waals surface area contributed by atoms with E-state index in [1.165, 1.54) is 6.92 Å². The summed E-state index contributed by atoms with van der Waals surface area (Å²) in [5, 5.41) is 2.73. The van der Waals surface area contributed by atoms with Gasteiger partial charge in [-0.15, -0.1) is 0 Å². The zero-order chi connectivity index (χ0) is 16.1. The Morgan fingerprint density at radius 1 is 1.23 bits per heavy atom. The summed E-state index contributed by atoms with van der Waals surface area (Å²) in [7, 11) is 0. The van der Waals surface area contributed by atoms with E-state index in [1.54, 1.807) is 43.5 Å². The lowest BCUT2D eigenvalue weighted by molar-refractivity contribution is -0.122. The maximum atomic E-state index is 12.1. The number of pyridine rings is 1. The minimum absolute atomic E-state index is 0.0494. The van der Waals surface area contributed by atoms with E-state index in [0.717, 1.165) is 5.56 Å². The van der Waals surface area contributed by atoms with Gasteiger partial charge in [-0.1, -0.05) is 18.2 Å². The Morgan fingerprint density at radius 2 is 2.00 bits per heavy atom. The maximum absolute atomic E-state index is 12.1. The van der Waals surface area contributed by atoms with Crippen LogP contribution in [0.15, 0.2) is 42.6 Å². The predicted molar refractivity (Wildman–Crippen MR) is 84.1 cm³/mol. The Bertz CT molecular complexity index is 698. The Labute approximate surface area is 129 Å². The van der Waals surface area contributed by atoms with E-state index in [-0.39, 0.29) is 11.7 Å². The molecule has 22 heavy (non-hydrogen) atoms. The van der Waals surface area contributed by atoms with Crippen LogP contribution in [0.1, 0.15) is 29.8 Å². The van der Waals surface area contributed by atoms with Gasteiger partial charge in [-0.05, 0) is 44.5 Å². The number of hydrogen-bond acceptors (Lipinski definition) is 4. The topological polar surface area (TPSA) is 68.3 Å². The van der Waals surface area contributed by atoms with Gasteiger partial charge in [0.15, 0.2) is 11.9 Å². The van der Waals surface area contributed by atoms with E-state index in [0.29, 0.717) is 17.1 Å². The number of ether oxygens (including phenoxy) is 1. The van der Waals surface area contributed by atoms with Crippen molar-refractivity contribution < 1.29 is 14.3 Å². The number of benzene rings is 1. The number of ketones is 1. The highest BCUT2D eigenvalue weighted by Crippen LogP contribution is 2.16. The predicted octanol–water partition coefficient (Wildman–Crippen LogP) is 3.00. The molecule has 1 aromatic carbocycles. The molecule has 5 heteroatoms. The van der Waals surface area contributed by atoms with Gasteiger partial charge in [0, 0.05) is 11.8 Å². The second kappa shape index (κ2) is 6.85. The van der Waals surface area contributed by atoms with Gasteiger partial charge in [-0.3, -0.25) is 9.59 Å². The number of carbonyl (C=O) groups is 2. The van der Waals surface area contributed by atoms with Crippen LogP contribution in [0.4, 0.5) is 5.82 Å². The Kier molecular flexibility index (Phi) is 4.88. The molecule has 0 saturated carbocycles. The van der Waals surface area contributed by atoms with E-state index in [4.69, 9.17) is 4.74 Å². The molecule has 1 N–H and O–H groups in total. The highest BCUT2D eigenvalue weighted by molar-refractivity contribution is 5.95. The van der Waals surface area contributed by atoms with Gasteiger partial charge in [0.05, 0.1) is 0 Å². The van der Waals surface area contributed by atoms with Crippen LogP contribution in [-0.2, 0) is 4.79 Å². The van der Waals surface area contributed by atoms with E-state index in [9.17, 15) is 9.59 Å². The number of aromatic nitrogens is 1. The molecule has 0 radical (unpaired) electrons. The van der Waals surface area contributed by atoms with Gasteiger partial charge in [-0.25, -0.2) is 4.98 Å². The van der Waals surface area contributed by atoms with Crippen LogP contribution in [0.5, 0.6) is 5.75 Å². The molecule has 0 aliphatic heterocycles. The number of rotatable bonds is 5. The van der Waals surface area contributed by atoms with Crippen molar-refractivity contribution >= 4 is 17.5 Å². The minimum atomic E-state index is -0.705. The highest BCUT2D eigenvalue weighted by atomic mass is 16.5. The first kappa shape index (κ1) is 15.7. The van der Waals surface area contributed by atoms with Crippen LogP contribution >= 0.6 is 0 Å². The third kappa shape index (κ3) is 3.91. The molecule has 0 fully saturated rings. The van der Waals surface area contributed by atoms with Crippen LogP contribution in [0, 0.1) is 6.92 Å². The number of hydrogen-bond donors (Lipinski definition) is 1. The molecule has 0 bridgehead atoms. The molecule has 1 aromatic heterocycles. The quantitative estimate of drug-likeness (QED) is 0.862. The number of nitrogens with one attached hydrogen (secondary N) is 1. The Morgan fingerprint density at radius 3 is 2.68 bits per heavy atom. The normalized spacial score (nSPS) is 11.6. The monoisotopic (exact) mass is 298 g/mol. The lowest BCUT2D eigenvalue weighted by Crippen LogP contribution is -2.30. The number of carbonyl (C=O) groups excluding carboxylic acids is 2. The van der Waals surface area contributed by atoms with Gasteiger partial charge >= 0.3 is 0 Å². The Balaban J connectivity index is 2.04. The zero-order valence-corrected chi connectivity index (χ0v) is 12.8. The van der Waals surface area contributed by atoms with E-state index < -0.39 is 6.10 Å². The standard InChI is InChI=1S/C17H18N2O3/c1-11-6-5-9-18-16(11)19-17(21)13(3)22-15-8-4-7-14(10-15)12(2)20/h4-10,13H,1-3H3,(H,18,19,21)/t13-/m0/s1. The third-order valence-corrected chi connectivity index (χ3v) is 3.17. The van der Waals surface area contributed by atoms with Crippen molar-refractivity contribution in [3.8, 4) is 5.75 Å². The molecule has 1 atom stereocenters. The van der Waals surface area contributed by atoms with Crippen molar-refractivity contribution in [2.75, 3.05) is 5.32 Å². The number of amides is 1. The van der Waals surface area contributed by atoms with Crippen LogP contribution in [-0.4, -0.2) is 22.8 Å². The van der Waals surface area contributed by atoms with Crippen molar-refractivity contribution in [1.82, 2.24) is 4.98 Å². The summed E-state index contributed by atoms with van der Waals surface area (Å²) < 4.78 is 5.59. The molecule has 2 rings (SSSR count).